The summed E-state index contributed by atoms with van der Waals surface area (Å²) in [7, 11) is 0. The van der Waals surface area contributed by atoms with Crippen molar-refractivity contribution in [3.05, 3.63) is 118 Å². The second-order valence-corrected chi connectivity index (χ2v) is 9.59. The number of nitrogens with two attached hydrogens (primary N) is 1. The van der Waals surface area contributed by atoms with E-state index in [0.717, 1.165) is 36.9 Å². The second-order valence-electron chi connectivity index (χ2n) is 9.59. The second kappa shape index (κ2) is 14.1. The Bertz CT molecular complexity index is 1290. The molecule has 3 aromatic carbocycles. The van der Waals surface area contributed by atoms with E-state index in [4.69, 9.17) is 5.11 Å². The highest BCUT2D eigenvalue weighted by Crippen LogP contribution is 2.33. The van der Waals surface area contributed by atoms with E-state index in [1.807, 2.05) is 13.0 Å². The number of hydrogen-bond donors (Lipinski definition) is 4. The largest absolute Gasteiger partial charge is 0.545 e. The molecule has 0 radical (unpaired) electrons. The molecule has 7 nitrogen and oxygen atoms in total. The number of benzene rings is 3. The molecule has 0 spiro atoms. The van der Waals surface area contributed by atoms with Crippen LogP contribution in [0.3, 0.4) is 0 Å². The molecule has 4 rings (SSSR count). The Morgan fingerprint density at radius 1 is 0.974 bits per heavy atom. The molecule has 0 aromatic heterocycles. The molecule has 5 N–H and O–H groups in total. The lowest BCUT2D eigenvalue weighted by molar-refractivity contribution is -0.693. The van der Waals surface area contributed by atoms with Crippen LogP contribution < -0.4 is 10.4 Å². The zero-order valence-corrected chi connectivity index (χ0v) is 22.2. The summed E-state index contributed by atoms with van der Waals surface area (Å²) in [6, 6.07) is 22.9. The summed E-state index contributed by atoms with van der Waals surface area (Å²) in [4.78, 5) is 19.0. The first kappa shape index (κ1) is 29.4. The molecule has 0 heterocycles. The van der Waals surface area contributed by atoms with E-state index in [1.54, 1.807) is 12.1 Å². The van der Waals surface area contributed by atoms with Gasteiger partial charge in [-0.15, -0.1) is 0 Å². The number of phenols is 1. The zero-order valence-electron chi connectivity index (χ0n) is 22.2. The normalized spacial score (nSPS) is 13.8. The quantitative estimate of drug-likeness (QED) is 0.262. The van der Waals surface area contributed by atoms with Crippen LogP contribution in [0.2, 0.25) is 0 Å². The van der Waals surface area contributed by atoms with Crippen LogP contribution in [-0.4, -0.2) is 39.8 Å². The molecule has 1 aliphatic carbocycles. The van der Waals surface area contributed by atoms with E-state index in [0.29, 0.717) is 12.2 Å². The fraction of sp³-hybridized carbons (Fsp3) is 0.250. The molecule has 0 bridgehead atoms. The van der Waals surface area contributed by atoms with Gasteiger partial charge in [0.15, 0.2) is 0 Å². The molecule has 0 fully saturated rings. The average molecular weight is 530 g/mol. The van der Waals surface area contributed by atoms with Gasteiger partial charge < -0.3 is 30.5 Å². The van der Waals surface area contributed by atoms with Gasteiger partial charge in [-0.2, -0.15) is 0 Å². The van der Waals surface area contributed by atoms with Crippen molar-refractivity contribution in [3.63, 3.8) is 0 Å². The van der Waals surface area contributed by atoms with Crippen molar-refractivity contribution in [2.24, 2.45) is 0 Å². The number of aromatic hydroxyl groups is 1. The Morgan fingerprint density at radius 2 is 1.56 bits per heavy atom. The number of aliphatic hydroxyl groups excluding tert-OH is 1. The Balaban J connectivity index is 0.000000459. The third-order valence-electron chi connectivity index (χ3n) is 6.75. The van der Waals surface area contributed by atoms with Gasteiger partial charge in [0.1, 0.15) is 17.9 Å². The minimum atomic E-state index is -1.51. The summed E-state index contributed by atoms with van der Waals surface area (Å²) in [6.07, 6.45) is 5.83. The molecular formula is C32H35NO6. The lowest BCUT2D eigenvalue weighted by Crippen LogP contribution is -2.90. The number of fused-ring (bicyclic) bond motifs is 2. The van der Waals surface area contributed by atoms with Gasteiger partial charge in [0.25, 0.3) is 0 Å². The Morgan fingerprint density at radius 3 is 2.08 bits per heavy atom. The first-order valence-electron chi connectivity index (χ1n) is 13.0. The van der Waals surface area contributed by atoms with Crippen LogP contribution in [0.15, 0.2) is 85.0 Å². The molecule has 3 aromatic rings. The zero-order chi connectivity index (χ0) is 28.4. The number of aliphatic carboxylic acids is 2. The lowest BCUT2D eigenvalue weighted by atomic mass is 9.93. The number of carboxylic acid groups (broad SMARTS) is 2. The molecule has 39 heavy (non-hydrogen) atoms. The van der Waals surface area contributed by atoms with Crippen LogP contribution in [-0.2, 0) is 22.4 Å². The summed E-state index contributed by atoms with van der Waals surface area (Å²) in [5, 5.41) is 39.9. The van der Waals surface area contributed by atoms with E-state index < -0.39 is 18.0 Å². The molecule has 2 unspecified atom stereocenters. The number of aliphatic hydroxyl groups is 1. The van der Waals surface area contributed by atoms with Gasteiger partial charge in [-0.25, -0.2) is 4.79 Å². The third kappa shape index (κ3) is 8.40. The van der Waals surface area contributed by atoms with Crippen LogP contribution in [0.25, 0.3) is 5.57 Å². The molecular weight excluding hydrogens is 494 g/mol. The lowest BCUT2D eigenvalue weighted by Gasteiger charge is -2.18. The number of carboxylic acids is 2. The monoisotopic (exact) mass is 529 g/mol. The average Bonchev–Trinajstić information content (AvgIpc) is 3.08. The van der Waals surface area contributed by atoms with Crippen LogP contribution in [0.1, 0.15) is 52.8 Å². The van der Waals surface area contributed by atoms with Crippen molar-refractivity contribution in [2.75, 3.05) is 6.54 Å². The number of aryl methyl sites for hydroxylation is 3. The number of carbonyl (C=O) groups is 2. The van der Waals surface area contributed by atoms with Crippen LogP contribution in [0.5, 0.6) is 5.75 Å². The minimum Gasteiger partial charge on any atom is -0.545 e. The third-order valence-corrected chi connectivity index (χ3v) is 6.75. The number of phenolic OH excluding ortho intramolecular Hbond substituents is 1. The smallest absolute Gasteiger partial charge is 0.328 e. The number of hydrogen-bond acceptors (Lipinski definition) is 5. The topological polar surface area (TPSA) is 134 Å². The molecule has 0 amide bonds. The first-order valence-corrected chi connectivity index (χ1v) is 13.0. The van der Waals surface area contributed by atoms with Crippen LogP contribution >= 0.6 is 0 Å². The standard InChI is InChI=1S/C28H31NO2.C4H4O4/c1-19-18-23(15-16-27(19)30)28(31)20(2)29-17-7-12-26-24-10-5-3-8-21(24)13-14-22-9-4-6-11-25(22)26;5-3(6)1-2-4(7)8/h3-6,8-12,15-16,18,20,28-31H,7,13-14,17H2,1-2H3;1-2H,(H,5,6)(H,7,8)/b;2-1+. The summed E-state index contributed by atoms with van der Waals surface area (Å²) in [5.41, 5.74) is 8.50. The van der Waals surface area contributed by atoms with Crippen molar-refractivity contribution < 1.29 is 35.3 Å². The maximum absolute atomic E-state index is 10.7. The van der Waals surface area contributed by atoms with Gasteiger partial charge >= 0.3 is 5.97 Å². The molecule has 0 saturated carbocycles. The Kier molecular flexibility index (Phi) is 10.6. The number of rotatable bonds is 8. The van der Waals surface area contributed by atoms with Gasteiger partial charge in [0.2, 0.25) is 0 Å². The highest BCUT2D eigenvalue weighted by Gasteiger charge is 2.20. The van der Waals surface area contributed by atoms with Crippen molar-refractivity contribution in [3.8, 4) is 5.75 Å². The van der Waals surface area contributed by atoms with Crippen LogP contribution in [0.4, 0.5) is 0 Å². The summed E-state index contributed by atoms with van der Waals surface area (Å²) in [5.74, 6) is -2.54. The fourth-order valence-corrected chi connectivity index (χ4v) is 4.66. The number of quaternary nitrogens is 1. The predicted molar refractivity (Wildman–Crippen MR) is 148 cm³/mol. The van der Waals surface area contributed by atoms with E-state index in [9.17, 15) is 24.9 Å². The number of carbonyl (C=O) groups excluding carboxylic acids is 1. The van der Waals surface area contributed by atoms with E-state index in [1.165, 1.54) is 27.8 Å². The first-order chi connectivity index (χ1) is 18.7. The van der Waals surface area contributed by atoms with Gasteiger partial charge in [-0.3, -0.25) is 0 Å². The van der Waals surface area contributed by atoms with Crippen molar-refractivity contribution >= 4 is 17.5 Å². The van der Waals surface area contributed by atoms with Gasteiger partial charge in [-0.05, 0) is 83.9 Å². The SMILES string of the molecule is Cc1cc(C(O)C(C)[NH2+]CCC=C2c3ccccc3CCc3ccccc32)ccc1O.O=C([O-])/C=C/C(=O)O. The van der Waals surface area contributed by atoms with Crippen LogP contribution in [0, 0.1) is 6.92 Å². The summed E-state index contributed by atoms with van der Waals surface area (Å²) in [6.45, 7) is 4.81. The van der Waals surface area contributed by atoms with Crippen molar-refractivity contribution in [1.82, 2.24) is 0 Å². The van der Waals surface area contributed by atoms with Gasteiger partial charge in [0, 0.05) is 12.5 Å². The highest BCUT2D eigenvalue weighted by atomic mass is 16.4. The minimum absolute atomic E-state index is 0.0380. The van der Waals surface area contributed by atoms with E-state index in [-0.39, 0.29) is 11.8 Å². The van der Waals surface area contributed by atoms with Gasteiger partial charge in [-0.1, -0.05) is 60.7 Å². The molecule has 0 aliphatic heterocycles. The summed E-state index contributed by atoms with van der Waals surface area (Å²) < 4.78 is 0. The highest BCUT2D eigenvalue weighted by molar-refractivity contribution is 5.88. The van der Waals surface area contributed by atoms with Crippen molar-refractivity contribution in [2.45, 2.75) is 45.3 Å². The maximum Gasteiger partial charge on any atom is 0.328 e. The Labute approximate surface area is 228 Å². The Hall–Kier alpha value is -4.20. The molecule has 1 aliphatic rings. The summed E-state index contributed by atoms with van der Waals surface area (Å²) >= 11 is 0. The van der Waals surface area contributed by atoms with E-state index in [2.05, 4.69) is 66.8 Å². The van der Waals surface area contributed by atoms with Crippen molar-refractivity contribution in [1.29, 1.82) is 0 Å². The van der Waals surface area contributed by atoms with Gasteiger partial charge in [0.05, 0.1) is 12.5 Å². The maximum atomic E-state index is 10.7. The van der Waals surface area contributed by atoms with E-state index >= 15 is 0 Å². The predicted octanol–water partition coefficient (Wildman–Crippen LogP) is 2.68. The molecule has 7 heteroatoms. The molecule has 204 valence electrons. The molecule has 0 saturated heterocycles. The fourth-order valence-electron chi connectivity index (χ4n) is 4.66. The molecule has 2 atom stereocenters.